The van der Waals surface area contributed by atoms with Gasteiger partial charge in [0.2, 0.25) is 0 Å². The van der Waals surface area contributed by atoms with Crippen molar-refractivity contribution in [2.75, 3.05) is 6.61 Å². The molecule has 6 heteroatoms. The first kappa shape index (κ1) is 16.3. The van der Waals surface area contributed by atoms with Gasteiger partial charge in [0.05, 0.1) is 25.5 Å². The van der Waals surface area contributed by atoms with Gasteiger partial charge in [-0.15, -0.1) is 5.10 Å². The number of amides is 1. The third-order valence-electron chi connectivity index (χ3n) is 3.49. The standard InChI is InChI=1S/C18H17N3O2S/c22-18(17-11-19-21-24-17)20-16(15-9-5-2-6-10-15)13-23-12-14-7-3-1-4-8-14/h1-11,16H,12-13H2,(H,20,22). The number of hydrogen-bond acceptors (Lipinski definition) is 5. The maximum atomic E-state index is 12.3. The Labute approximate surface area is 144 Å². The van der Waals surface area contributed by atoms with Crippen molar-refractivity contribution in [2.24, 2.45) is 0 Å². The highest BCUT2D eigenvalue weighted by molar-refractivity contribution is 7.07. The van der Waals surface area contributed by atoms with E-state index in [1.54, 1.807) is 0 Å². The van der Waals surface area contributed by atoms with Crippen LogP contribution in [0, 0.1) is 0 Å². The van der Waals surface area contributed by atoms with Crippen LogP contribution in [-0.2, 0) is 11.3 Å². The summed E-state index contributed by atoms with van der Waals surface area (Å²) in [5.41, 5.74) is 2.10. The van der Waals surface area contributed by atoms with E-state index in [1.807, 2.05) is 60.7 Å². The summed E-state index contributed by atoms with van der Waals surface area (Å²) >= 11 is 1.07. The van der Waals surface area contributed by atoms with Crippen LogP contribution in [0.5, 0.6) is 0 Å². The molecule has 0 bridgehead atoms. The highest BCUT2D eigenvalue weighted by Gasteiger charge is 2.17. The summed E-state index contributed by atoms with van der Waals surface area (Å²) in [5, 5.41) is 6.69. The predicted octanol–water partition coefficient (Wildman–Crippen LogP) is 3.23. The van der Waals surface area contributed by atoms with Crippen molar-refractivity contribution in [1.29, 1.82) is 0 Å². The Bertz CT molecular complexity index is 748. The van der Waals surface area contributed by atoms with E-state index in [4.69, 9.17) is 4.74 Å². The quantitative estimate of drug-likeness (QED) is 0.718. The van der Waals surface area contributed by atoms with Crippen LogP contribution in [0.15, 0.2) is 66.9 Å². The van der Waals surface area contributed by atoms with Gasteiger partial charge in [0.1, 0.15) is 4.88 Å². The molecule has 1 aromatic heterocycles. The number of aromatic nitrogens is 2. The van der Waals surface area contributed by atoms with Crippen LogP contribution in [0.4, 0.5) is 0 Å². The summed E-state index contributed by atoms with van der Waals surface area (Å²) < 4.78 is 9.54. The lowest BCUT2D eigenvalue weighted by atomic mass is 10.1. The van der Waals surface area contributed by atoms with E-state index in [0.717, 1.165) is 22.7 Å². The Morgan fingerprint density at radius 1 is 1.08 bits per heavy atom. The van der Waals surface area contributed by atoms with Crippen molar-refractivity contribution >= 4 is 17.4 Å². The van der Waals surface area contributed by atoms with Gasteiger partial charge in [-0.05, 0) is 22.7 Å². The second-order valence-electron chi connectivity index (χ2n) is 5.22. The lowest BCUT2D eigenvalue weighted by molar-refractivity contribution is 0.0799. The lowest BCUT2D eigenvalue weighted by Crippen LogP contribution is -2.31. The Kier molecular flexibility index (Phi) is 5.65. The van der Waals surface area contributed by atoms with Crippen LogP contribution in [0.25, 0.3) is 0 Å². The minimum absolute atomic E-state index is 0.192. The molecule has 1 heterocycles. The van der Waals surface area contributed by atoms with Gasteiger partial charge in [-0.3, -0.25) is 4.79 Å². The summed E-state index contributed by atoms with van der Waals surface area (Å²) in [4.78, 5) is 12.8. The molecule has 0 fully saturated rings. The van der Waals surface area contributed by atoms with Gasteiger partial charge in [0, 0.05) is 0 Å². The van der Waals surface area contributed by atoms with Crippen LogP contribution in [0.3, 0.4) is 0 Å². The molecule has 0 saturated heterocycles. The van der Waals surface area contributed by atoms with E-state index in [0.29, 0.717) is 18.1 Å². The molecule has 2 aromatic carbocycles. The number of rotatable bonds is 7. The van der Waals surface area contributed by atoms with Gasteiger partial charge >= 0.3 is 0 Å². The van der Waals surface area contributed by atoms with Crippen LogP contribution in [-0.4, -0.2) is 22.1 Å². The van der Waals surface area contributed by atoms with E-state index in [1.165, 1.54) is 6.20 Å². The molecule has 1 N–H and O–H groups in total. The molecule has 0 aliphatic carbocycles. The molecule has 122 valence electrons. The lowest BCUT2D eigenvalue weighted by Gasteiger charge is -2.19. The molecule has 1 amide bonds. The molecule has 0 aliphatic heterocycles. The number of carbonyl (C=O) groups excluding carboxylic acids is 1. The first-order valence-corrected chi connectivity index (χ1v) is 8.35. The van der Waals surface area contributed by atoms with E-state index in [9.17, 15) is 4.79 Å². The zero-order valence-corrected chi connectivity index (χ0v) is 13.8. The maximum Gasteiger partial charge on any atom is 0.265 e. The molecule has 3 rings (SSSR count). The summed E-state index contributed by atoms with van der Waals surface area (Å²) in [6, 6.07) is 19.5. The summed E-state index contributed by atoms with van der Waals surface area (Å²) in [5.74, 6) is -0.192. The van der Waals surface area contributed by atoms with E-state index in [-0.39, 0.29) is 11.9 Å². The molecule has 0 saturated carbocycles. The fourth-order valence-electron chi connectivity index (χ4n) is 2.27. The second-order valence-corrected chi connectivity index (χ2v) is 6.00. The normalized spacial score (nSPS) is 11.8. The fraction of sp³-hybridized carbons (Fsp3) is 0.167. The largest absolute Gasteiger partial charge is 0.374 e. The number of nitrogens with zero attached hydrogens (tertiary/aromatic N) is 2. The minimum Gasteiger partial charge on any atom is -0.374 e. The monoisotopic (exact) mass is 339 g/mol. The van der Waals surface area contributed by atoms with Gasteiger partial charge in [-0.25, -0.2) is 0 Å². The van der Waals surface area contributed by atoms with Gasteiger partial charge < -0.3 is 10.1 Å². The third-order valence-corrected chi connectivity index (χ3v) is 4.15. The Balaban J connectivity index is 1.65. The van der Waals surface area contributed by atoms with Crippen molar-refractivity contribution < 1.29 is 9.53 Å². The Hall–Kier alpha value is -2.57. The van der Waals surface area contributed by atoms with Gasteiger partial charge in [0.15, 0.2) is 0 Å². The minimum atomic E-state index is -0.232. The van der Waals surface area contributed by atoms with Crippen LogP contribution < -0.4 is 5.32 Å². The van der Waals surface area contributed by atoms with Gasteiger partial charge in [-0.1, -0.05) is 65.2 Å². The molecule has 1 unspecified atom stereocenters. The van der Waals surface area contributed by atoms with E-state index >= 15 is 0 Å². The molecular weight excluding hydrogens is 322 g/mol. The SMILES string of the molecule is O=C(NC(COCc1ccccc1)c1ccccc1)c1cnns1. The zero-order chi connectivity index (χ0) is 16.6. The Morgan fingerprint density at radius 3 is 2.46 bits per heavy atom. The van der Waals surface area contributed by atoms with Crippen LogP contribution in [0.1, 0.15) is 26.8 Å². The highest BCUT2D eigenvalue weighted by Crippen LogP contribution is 2.15. The summed E-state index contributed by atoms with van der Waals surface area (Å²) in [7, 11) is 0. The van der Waals surface area contributed by atoms with Crippen molar-refractivity contribution in [3.05, 3.63) is 82.9 Å². The van der Waals surface area contributed by atoms with Gasteiger partial charge in [-0.2, -0.15) is 0 Å². The molecule has 3 aromatic rings. The van der Waals surface area contributed by atoms with E-state index in [2.05, 4.69) is 14.9 Å². The Morgan fingerprint density at radius 2 is 1.79 bits per heavy atom. The number of ether oxygens (including phenoxy) is 1. The van der Waals surface area contributed by atoms with Crippen molar-refractivity contribution in [3.63, 3.8) is 0 Å². The van der Waals surface area contributed by atoms with Crippen LogP contribution in [0.2, 0.25) is 0 Å². The zero-order valence-electron chi connectivity index (χ0n) is 13.0. The van der Waals surface area contributed by atoms with E-state index < -0.39 is 0 Å². The molecule has 0 spiro atoms. The number of benzene rings is 2. The molecular formula is C18H17N3O2S. The maximum absolute atomic E-state index is 12.3. The first-order chi connectivity index (χ1) is 11.8. The summed E-state index contributed by atoms with van der Waals surface area (Å²) in [6.07, 6.45) is 1.47. The molecule has 0 aliphatic rings. The van der Waals surface area contributed by atoms with Crippen LogP contribution >= 0.6 is 11.5 Å². The highest BCUT2D eigenvalue weighted by atomic mass is 32.1. The molecule has 1 atom stereocenters. The number of carbonyl (C=O) groups is 1. The van der Waals surface area contributed by atoms with Crippen molar-refractivity contribution in [1.82, 2.24) is 14.9 Å². The average Bonchev–Trinajstić information content (AvgIpc) is 3.17. The van der Waals surface area contributed by atoms with Crippen molar-refractivity contribution in [2.45, 2.75) is 12.6 Å². The third kappa shape index (κ3) is 4.47. The number of hydrogen-bond donors (Lipinski definition) is 1. The molecule has 5 nitrogen and oxygen atoms in total. The second kappa shape index (κ2) is 8.33. The fourth-order valence-corrected chi connectivity index (χ4v) is 2.69. The van der Waals surface area contributed by atoms with Crippen molar-refractivity contribution in [3.8, 4) is 0 Å². The first-order valence-electron chi connectivity index (χ1n) is 7.58. The topological polar surface area (TPSA) is 64.1 Å². The molecule has 24 heavy (non-hydrogen) atoms. The average molecular weight is 339 g/mol. The molecule has 0 radical (unpaired) electrons. The predicted molar refractivity (Wildman–Crippen MR) is 92.7 cm³/mol. The number of nitrogens with one attached hydrogen (secondary N) is 1. The smallest absolute Gasteiger partial charge is 0.265 e. The van der Waals surface area contributed by atoms with Gasteiger partial charge in [0.25, 0.3) is 5.91 Å². The summed E-state index contributed by atoms with van der Waals surface area (Å²) in [6.45, 7) is 0.888.